The van der Waals surface area contributed by atoms with E-state index in [0.29, 0.717) is 12.8 Å². The zero-order valence-corrected chi connectivity index (χ0v) is 18.8. The fourth-order valence-electron chi connectivity index (χ4n) is 4.58. The summed E-state index contributed by atoms with van der Waals surface area (Å²) in [4.78, 5) is 36.3. The number of carboxylic acids is 1. The number of amides is 2. The number of aromatic carboxylic acids is 1. The Morgan fingerprint density at radius 3 is 2.14 bits per heavy atom. The molecule has 0 radical (unpaired) electrons. The third kappa shape index (κ3) is 4.30. The maximum Gasteiger partial charge on any atom is 0.407 e. The van der Waals surface area contributed by atoms with E-state index in [2.05, 4.69) is 22.8 Å². The maximum absolute atomic E-state index is 12.8. The SMILES string of the molecule is O=C(NCC1(C(=O)Nc2ccc(C(=O)O)c(O)c2)CC1)OCC1c2ccccc2-c2ccccc21. The van der Waals surface area contributed by atoms with Crippen LogP contribution >= 0.6 is 0 Å². The molecule has 1 fully saturated rings. The molecule has 2 amide bonds. The summed E-state index contributed by atoms with van der Waals surface area (Å²) in [6.07, 6.45) is 0.609. The molecule has 0 heterocycles. The number of aromatic hydroxyl groups is 1. The highest BCUT2D eigenvalue weighted by molar-refractivity contribution is 5.99. The van der Waals surface area contributed by atoms with Crippen molar-refractivity contribution < 1.29 is 29.3 Å². The van der Waals surface area contributed by atoms with Gasteiger partial charge in [0.2, 0.25) is 5.91 Å². The molecule has 35 heavy (non-hydrogen) atoms. The van der Waals surface area contributed by atoms with E-state index in [1.807, 2.05) is 36.4 Å². The average molecular weight is 472 g/mol. The predicted octanol–water partition coefficient (Wildman–Crippen LogP) is 4.35. The van der Waals surface area contributed by atoms with Gasteiger partial charge < -0.3 is 25.6 Å². The van der Waals surface area contributed by atoms with Crippen LogP contribution in [0.15, 0.2) is 66.7 Å². The topological polar surface area (TPSA) is 125 Å². The van der Waals surface area contributed by atoms with Crippen LogP contribution in [-0.4, -0.2) is 41.3 Å². The highest BCUT2D eigenvalue weighted by Crippen LogP contribution is 2.46. The molecule has 0 saturated heterocycles. The number of carbonyl (C=O) groups is 3. The van der Waals surface area contributed by atoms with Crippen LogP contribution in [0, 0.1) is 5.41 Å². The molecule has 4 N–H and O–H groups in total. The second kappa shape index (κ2) is 8.79. The average Bonchev–Trinajstić information content (AvgIpc) is 3.58. The van der Waals surface area contributed by atoms with Crippen LogP contribution in [0.25, 0.3) is 11.1 Å². The first-order chi connectivity index (χ1) is 16.9. The quantitative estimate of drug-likeness (QED) is 0.405. The molecule has 2 aliphatic carbocycles. The van der Waals surface area contributed by atoms with Crippen LogP contribution in [0.1, 0.15) is 40.2 Å². The number of fused-ring (bicyclic) bond motifs is 3. The van der Waals surface area contributed by atoms with Crippen molar-refractivity contribution in [1.82, 2.24) is 5.32 Å². The van der Waals surface area contributed by atoms with Crippen LogP contribution in [0.3, 0.4) is 0 Å². The smallest absolute Gasteiger partial charge is 0.407 e. The van der Waals surface area contributed by atoms with Crippen molar-refractivity contribution >= 4 is 23.7 Å². The molecular formula is C27H24N2O6. The van der Waals surface area contributed by atoms with E-state index in [1.165, 1.54) is 18.2 Å². The summed E-state index contributed by atoms with van der Waals surface area (Å²) in [5, 5.41) is 24.2. The number of carboxylic acid groups (broad SMARTS) is 1. The summed E-state index contributed by atoms with van der Waals surface area (Å²) in [5.74, 6) is -2.05. The minimum Gasteiger partial charge on any atom is -0.507 e. The Balaban J connectivity index is 1.17. The molecule has 0 unspecified atom stereocenters. The van der Waals surface area contributed by atoms with Crippen molar-refractivity contribution in [2.45, 2.75) is 18.8 Å². The zero-order chi connectivity index (χ0) is 24.6. The first-order valence-electron chi connectivity index (χ1n) is 11.3. The Kier molecular flexibility index (Phi) is 5.64. The third-order valence-electron chi connectivity index (χ3n) is 6.74. The van der Waals surface area contributed by atoms with Gasteiger partial charge in [0.15, 0.2) is 0 Å². The van der Waals surface area contributed by atoms with Crippen molar-refractivity contribution in [3.05, 3.63) is 83.4 Å². The van der Waals surface area contributed by atoms with Gasteiger partial charge in [0.05, 0.1) is 5.41 Å². The minimum absolute atomic E-state index is 0.0483. The second-order valence-corrected chi connectivity index (χ2v) is 8.95. The zero-order valence-electron chi connectivity index (χ0n) is 18.8. The lowest BCUT2D eigenvalue weighted by Gasteiger charge is -2.18. The maximum atomic E-state index is 12.8. The van der Waals surface area contributed by atoms with Crippen LogP contribution in [0.5, 0.6) is 5.75 Å². The molecule has 0 atom stereocenters. The van der Waals surface area contributed by atoms with E-state index >= 15 is 0 Å². The number of hydrogen-bond acceptors (Lipinski definition) is 5. The molecule has 1 saturated carbocycles. The number of hydrogen-bond donors (Lipinski definition) is 4. The van der Waals surface area contributed by atoms with Gasteiger partial charge in [-0.1, -0.05) is 48.5 Å². The summed E-state index contributed by atoms with van der Waals surface area (Å²) in [6, 6.07) is 20.0. The number of ether oxygens (including phenoxy) is 1. The predicted molar refractivity (Wildman–Crippen MR) is 128 cm³/mol. The van der Waals surface area contributed by atoms with Crippen LogP contribution in [0.4, 0.5) is 10.5 Å². The lowest BCUT2D eigenvalue weighted by Crippen LogP contribution is -2.37. The molecule has 8 nitrogen and oxygen atoms in total. The van der Waals surface area contributed by atoms with Crippen LogP contribution < -0.4 is 10.6 Å². The number of carbonyl (C=O) groups excluding carboxylic acids is 2. The van der Waals surface area contributed by atoms with Crippen LogP contribution in [0.2, 0.25) is 0 Å². The Bertz CT molecular complexity index is 1290. The molecule has 0 spiro atoms. The highest BCUT2D eigenvalue weighted by atomic mass is 16.5. The van der Waals surface area contributed by atoms with Gasteiger partial charge in [0.1, 0.15) is 17.9 Å². The number of rotatable bonds is 7. The molecule has 2 aliphatic rings. The fourth-order valence-corrected chi connectivity index (χ4v) is 4.58. The molecule has 0 aliphatic heterocycles. The molecule has 5 rings (SSSR count). The van der Waals surface area contributed by atoms with Gasteiger partial charge in [-0.05, 0) is 47.2 Å². The Labute approximate surface area is 201 Å². The van der Waals surface area contributed by atoms with Crippen molar-refractivity contribution in [2.75, 3.05) is 18.5 Å². The minimum atomic E-state index is -1.26. The largest absolute Gasteiger partial charge is 0.507 e. The molecule has 0 bridgehead atoms. The number of nitrogens with one attached hydrogen (secondary N) is 2. The van der Waals surface area contributed by atoms with Crippen molar-refractivity contribution in [1.29, 1.82) is 0 Å². The molecule has 3 aromatic rings. The third-order valence-corrected chi connectivity index (χ3v) is 6.74. The van der Waals surface area contributed by atoms with E-state index in [4.69, 9.17) is 9.84 Å². The molecule has 0 aromatic heterocycles. The Morgan fingerprint density at radius 1 is 0.943 bits per heavy atom. The Morgan fingerprint density at radius 2 is 1.57 bits per heavy atom. The number of phenols is 1. The summed E-state index contributed by atoms with van der Waals surface area (Å²) in [7, 11) is 0. The van der Waals surface area contributed by atoms with Crippen molar-refractivity contribution in [3.63, 3.8) is 0 Å². The van der Waals surface area contributed by atoms with Crippen molar-refractivity contribution in [3.8, 4) is 16.9 Å². The summed E-state index contributed by atoms with van der Waals surface area (Å²) < 4.78 is 5.54. The summed E-state index contributed by atoms with van der Waals surface area (Å²) >= 11 is 0. The first kappa shape index (κ1) is 22.5. The molecule has 178 valence electrons. The monoisotopic (exact) mass is 472 g/mol. The molecule has 8 heteroatoms. The van der Waals surface area contributed by atoms with Gasteiger partial charge >= 0.3 is 12.1 Å². The van der Waals surface area contributed by atoms with Gasteiger partial charge in [-0.15, -0.1) is 0 Å². The lowest BCUT2D eigenvalue weighted by atomic mass is 9.98. The summed E-state index contributed by atoms with van der Waals surface area (Å²) in [6.45, 7) is 0.308. The van der Waals surface area contributed by atoms with E-state index in [-0.39, 0.29) is 36.2 Å². The normalized spacial score (nSPS) is 15.0. The number of anilines is 1. The van der Waals surface area contributed by atoms with Crippen LogP contribution in [-0.2, 0) is 9.53 Å². The number of benzene rings is 3. The first-order valence-corrected chi connectivity index (χ1v) is 11.3. The van der Waals surface area contributed by atoms with Gasteiger partial charge in [-0.2, -0.15) is 0 Å². The molecular weight excluding hydrogens is 448 g/mol. The van der Waals surface area contributed by atoms with E-state index < -0.39 is 23.2 Å². The molecule has 3 aromatic carbocycles. The van der Waals surface area contributed by atoms with Gasteiger partial charge in [0.25, 0.3) is 0 Å². The standard InChI is InChI=1S/C27H24N2O6/c30-23-13-16(9-10-21(23)24(31)32)29-25(33)27(11-12-27)15-28-26(34)35-14-22-19-7-3-1-5-17(19)18-6-2-4-8-20(18)22/h1-10,13,22,30H,11-12,14-15H2,(H,28,34)(H,29,33)(H,31,32). The fraction of sp³-hybridized carbons (Fsp3) is 0.222. The van der Waals surface area contributed by atoms with E-state index in [9.17, 15) is 19.5 Å². The Hall–Kier alpha value is -4.33. The number of alkyl carbamates (subject to hydrolysis) is 1. The van der Waals surface area contributed by atoms with Crippen molar-refractivity contribution in [2.24, 2.45) is 5.41 Å². The van der Waals surface area contributed by atoms with E-state index in [1.54, 1.807) is 0 Å². The van der Waals surface area contributed by atoms with E-state index in [0.717, 1.165) is 22.3 Å². The highest BCUT2D eigenvalue weighted by Gasteiger charge is 2.50. The second-order valence-electron chi connectivity index (χ2n) is 8.95. The van der Waals surface area contributed by atoms with Gasteiger partial charge in [0, 0.05) is 24.2 Å². The summed E-state index contributed by atoms with van der Waals surface area (Å²) in [5.41, 5.74) is 3.81. The van der Waals surface area contributed by atoms with Gasteiger partial charge in [-0.3, -0.25) is 4.79 Å². The lowest BCUT2D eigenvalue weighted by molar-refractivity contribution is -0.120. The van der Waals surface area contributed by atoms with Gasteiger partial charge in [-0.25, -0.2) is 9.59 Å².